The van der Waals surface area contributed by atoms with Gasteiger partial charge in [-0.25, -0.2) is 0 Å². The Bertz CT molecular complexity index is 454. The molecule has 2 atom stereocenters. The maximum absolute atomic E-state index is 12.5. The molecule has 4 fully saturated rings. The largest absolute Gasteiger partial charge is 0.390 e. The number of hydrogen-bond donors (Lipinski definition) is 2. The van der Waals surface area contributed by atoms with Gasteiger partial charge in [-0.05, 0) is 51.9 Å². The van der Waals surface area contributed by atoms with Crippen LogP contribution in [-0.4, -0.2) is 44.3 Å². The van der Waals surface area contributed by atoms with Gasteiger partial charge in [-0.15, -0.1) is 0 Å². The van der Waals surface area contributed by atoms with Crippen LogP contribution in [0.25, 0.3) is 0 Å². The van der Waals surface area contributed by atoms with Crippen LogP contribution in [0.5, 0.6) is 0 Å². The number of carbonyl (C=O) groups is 1. The molecule has 0 aromatic rings. The number of likely N-dealkylation sites (N-methyl/N-ethyl adjacent to an activating group) is 1. The number of carbonyl (C=O) groups excluding carboxylic acids is 1. The standard InChI is InChI=1S/C16H25NO3/c1-4-17(13(18)11(2)3)14-5-12-6-15(19,8-14)10-16(20,7-12)9-14/h12,19-20H,2,4-10H2,1,3H3. The van der Waals surface area contributed by atoms with E-state index < -0.39 is 11.2 Å². The van der Waals surface area contributed by atoms with Crippen LogP contribution in [0, 0.1) is 5.92 Å². The molecule has 4 nitrogen and oxygen atoms in total. The zero-order chi connectivity index (χ0) is 14.8. The van der Waals surface area contributed by atoms with Crippen molar-refractivity contribution in [1.82, 2.24) is 4.90 Å². The molecule has 2 N–H and O–H groups in total. The van der Waals surface area contributed by atoms with Gasteiger partial charge in [-0.1, -0.05) is 6.58 Å². The van der Waals surface area contributed by atoms with E-state index in [1.165, 1.54) is 0 Å². The summed E-state index contributed by atoms with van der Waals surface area (Å²) in [6.45, 7) is 8.07. The second-order valence-corrected chi connectivity index (χ2v) is 7.51. The Balaban J connectivity index is 1.99. The van der Waals surface area contributed by atoms with Gasteiger partial charge in [-0.3, -0.25) is 4.79 Å². The Hall–Kier alpha value is -0.870. The topological polar surface area (TPSA) is 60.8 Å². The summed E-state index contributed by atoms with van der Waals surface area (Å²) in [6.07, 6.45) is 4.13. The van der Waals surface area contributed by atoms with Crippen molar-refractivity contribution in [2.75, 3.05) is 6.54 Å². The van der Waals surface area contributed by atoms with Crippen LogP contribution in [-0.2, 0) is 4.79 Å². The van der Waals surface area contributed by atoms with Gasteiger partial charge in [-0.2, -0.15) is 0 Å². The van der Waals surface area contributed by atoms with E-state index in [0.717, 1.165) is 19.3 Å². The van der Waals surface area contributed by atoms with Crippen molar-refractivity contribution in [1.29, 1.82) is 0 Å². The van der Waals surface area contributed by atoms with Gasteiger partial charge in [0.15, 0.2) is 0 Å². The maximum atomic E-state index is 12.5. The normalized spacial score (nSPS) is 45.5. The fourth-order valence-corrected chi connectivity index (χ4v) is 5.51. The quantitative estimate of drug-likeness (QED) is 0.772. The summed E-state index contributed by atoms with van der Waals surface area (Å²) >= 11 is 0. The summed E-state index contributed by atoms with van der Waals surface area (Å²) in [5.41, 5.74) is -1.44. The SMILES string of the molecule is C=C(C)C(=O)N(CC)C12CC3CC(O)(CC(O)(C3)C1)C2. The zero-order valence-corrected chi connectivity index (χ0v) is 12.5. The smallest absolute Gasteiger partial charge is 0.249 e. The minimum absolute atomic E-state index is 0.0401. The molecule has 20 heavy (non-hydrogen) atoms. The van der Waals surface area contributed by atoms with E-state index in [1.54, 1.807) is 6.92 Å². The number of aliphatic hydroxyl groups is 2. The molecule has 0 aromatic heterocycles. The van der Waals surface area contributed by atoms with Crippen LogP contribution in [0.4, 0.5) is 0 Å². The van der Waals surface area contributed by atoms with E-state index in [1.807, 2.05) is 11.8 Å². The van der Waals surface area contributed by atoms with Gasteiger partial charge in [0.1, 0.15) is 0 Å². The van der Waals surface area contributed by atoms with Gasteiger partial charge >= 0.3 is 0 Å². The van der Waals surface area contributed by atoms with E-state index in [2.05, 4.69) is 6.58 Å². The molecule has 4 heteroatoms. The molecule has 1 amide bonds. The maximum Gasteiger partial charge on any atom is 0.249 e. The highest BCUT2D eigenvalue weighted by molar-refractivity contribution is 5.92. The predicted octanol–water partition coefficient (Wildman–Crippen LogP) is 1.61. The highest BCUT2D eigenvalue weighted by atomic mass is 16.3. The molecule has 0 heterocycles. The average molecular weight is 279 g/mol. The molecule has 0 radical (unpaired) electrons. The van der Waals surface area contributed by atoms with Crippen LogP contribution in [0.1, 0.15) is 52.4 Å². The molecule has 112 valence electrons. The fourth-order valence-electron chi connectivity index (χ4n) is 5.51. The monoisotopic (exact) mass is 279 g/mol. The average Bonchev–Trinajstić information content (AvgIpc) is 2.23. The first-order valence-corrected chi connectivity index (χ1v) is 7.63. The minimum atomic E-state index is -0.795. The minimum Gasteiger partial charge on any atom is -0.390 e. The Morgan fingerprint density at radius 1 is 1.20 bits per heavy atom. The van der Waals surface area contributed by atoms with Crippen molar-refractivity contribution in [3.63, 3.8) is 0 Å². The Kier molecular flexibility index (Phi) is 2.87. The summed E-state index contributed by atoms with van der Waals surface area (Å²) in [4.78, 5) is 14.3. The predicted molar refractivity (Wildman–Crippen MR) is 76.0 cm³/mol. The molecule has 4 aliphatic rings. The van der Waals surface area contributed by atoms with Crippen LogP contribution >= 0.6 is 0 Å². The first-order valence-electron chi connectivity index (χ1n) is 7.63. The third kappa shape index (κ3) is 1.92. The van der Waals surface area contributed by atoms with Crippen LogP contribution in [0.3, 0.4) is 0 Å². The summed E-state index contributed by atoms with van der Waals surface area (Å²) < 4.78 is 0. The second-order valence-electron chi connectivity index (χ2n) is 7.51. The van der Waals surface area contributed by atoms with Crippen molar-refractivity contribution in [3.8, 4) is 0 Å². The number of nitrogens with zero attached hydrogens (tertiary/aromatic N) is 1. The molecule has 4 rings (SSSR count). The first kappa shape index (κ1) is 14.1. The van der Waals surface area contributed by atoms with Crippen molar-refractivity contribution < 1.29 is 15.0 Å². The molecular formula is C16H25NO3. The van der Waals surface area contributed by atoms with Gasteiger partial charge in [0.05, 0.1) is 11.2 Å². The number of rotatable bonds is 3. The highest BCUT2D eigenvalue weighted by Crippen LogP contribution is 2.61. The van der Waals surface area contributed by atoms with E-state index in [4.69, 9.17) is 0 Å². The van der Waals surface area contributed by atoms with Crippen molar-refractivity contribution in [2.24, 2.45) is 5.92 Å². The Labute approximate surface area is 120 Å². The van der Waals surface area contributed by atoms with Gasteiger partial charge < -0.3 is 15.1 Å². The molecule has 2 unspecified atom stereocenters. The van der Waals surface area contributed by atoms with Gasteiger partial charge in [0.25, 0.3) is 0 Å². The molecule has 0 aliphatic heterocycles. The highest BCUT2D eigenvalue weighted by Gasteiger charge is 2.64. The molecule has 0 saturated heterocycles. The van der Waals surface area contributed by atoms with E-state index >= 15 is 0 Å². The summed E-state index contributed by atoms with van der Waals surface area (Å²) in [5, 5.41) is 21.6. The van der Waals surface area contributed by atoms with Crippen LogP contribution < -0.4 is 0 Å². The lowest BCUT2D eigenvalue weighted by Gasteiger charge is -2.65. The first-order chi connectivity index (χ1) is 9.21. The third-order valence-corrected chi connectivity index (χ3v) is 5.48. The molecule has 4 bridgehead atoms. The Morgan fingerprint density at radius 3 is 2.15 bits per heavy atom. The molecular weight excluding hydrogens is 254 g/mol. The molecule has 0 spiro atoms. The fraction of sp³-hybridized carbons (Fsp3) is 0.812. The summed E-state index contributed by atoms with van der Waals surface area (Å²) in [5.74, 6) is 0.287. The Morgan fingerprint density at radius 2 is 1.75 bits per heavy atom. The summed E-state index contributed by atoms with van der Waals surface area (Å²) in [7, 11) is 0. The zero-order valence-electron chi connectivity index (χ0n) is 12.5. The van der Waals surface area contributed by atoms with E-state index in [9.17, 15) is 15.0 Å². The van der Waals surface area contributed by atoms with E-state index in [0.29, 0.717) is 37.3 Å². The number of hydrogen-bond acceptors (Lipinski definition) is 3. The lowest BCUT2D eigenvalue weighted by atomic mass is 9.49. The molecule has 4 aliphatic carbocycles. The summed E-state index contributed by atoms with van der Waals surface area (Å²) in [6, 6.07) is 0. The van der Waals surface area contributed by atoms with Crippen LogP contribution in [0.2, 0.25) is 0 Å². The molecule has 0 aromatic carbocycles. The number of amides is 1. The van der Waals surface area contributed by atoms with Crippen LogP contribution in [0.15, 0.2) is 12.2 Å². The lowest BCUT2D eigenvalue weighted by molar-refractivity contribution is -0.232. The second kappa shape index (κ2) is 4.08. The van der Waals surface area contributed by atoms with Crippen molar-refractivity contribution >= 4 is 5.91 Å². The van der Waals surface area contributed by atoms with E-state index in [-0.39, 0.29) is 11.4 Å². The van der Waals surface area contributed by atoms with Crippen molar-refractivity contribution in [2.45, 2.75) is 69.1 Å². The molecule has 4 saturated carbocycles. The van der Waals surface area contributed by atoms with Gasteiger partial charge in [0, 0.05) is 24.1 Å². The van der Waals surface area contributed by atoms with Crippen molar-refractivity contribution in [3.05, 3.63) is 12.2 Å². The van der Waals surface area contributed by atoms with Gasteiger partial charge in [0.2, 0.25) is 5.91 Å². The lowest BCUT2D eigenvalue weighted by Crippen LogP contribution is -2.71. The third-order valence-electron chi connectivity index (χ3n) is 5.48.